The van der Waals surface area contributed by atoms with Crippen molar-refractivity contribution in [3.63, 3.8) is 0 Å². The number of anilines is 1. The number of pyridine rings is 1. The molecule has 0 fully saturated rings. The number of nitrogens with zero attached hydrogens (tertiary/aromatic N) is 4. The Labute approximate surface area is 227 Å². The molecule has 2 aromatic heterocycles. The molecule has 4 rings (SSSR count). The number of aliphatic hydroxyl groups excluding tert-OH is 1. The number of aromatic nitrogens is 2. The van der Waals surface area contributed by atoms with E-state index in [0.717, 1.165) is 5.56 Å². The molecule has 3 aromatic rings. The first-order chi connectivity index (χ1) is 18.7. The number of ether oxygens (including phenoxy) is 1. The van der Waals surface area contributed by atoms with E-state index in [2.05, 4.69) is 27.3 Å². The van der Waals surface area contributed by atoms with Gasteiger partial charge in [-0.3, -0.25) is 4.79 Å². The van der Waals surface area contributed by atoms with Crippen LogP contribution >= 0.6 is 0 Å². The first-order valence-corrected chi connectivity index (χ1v) is 12.8. The summed E-state index contributed by atoms with van der Waals surface area (Å²) in [7, 11) is 1.66. The predicted octanol–water partition coefficient (Wildman–Crippen LogP) is 3.47. The SMILES string of the molecule is Cc1noc(C)c1NC(=O)N(C)C[C@@H]1Oc2ncc(C#Cc3ccccc3)cc2C(=O)N([C@H](C)CO)C[C@@H]1C. The molecule has 1 aliphatic heterocycles. The molecular weight excluding hydrogens is 498 g/mol. The van der Waals surface area contributed by atoms with Crippen LogP contribution in [0.1, 0.15) is 46.8 Å². The average molecular weight is 532 g/mol. The Bertz CT molecular complexity index is 1370. The maximum absolute atomic E-state index is 13.6. The number of benzene rings is 1. The van der Waals surface area contributed by atoms with Crippen LogP contribution in [-0.4, -0.2) is 75.9 Å². The number of fused-ring (bicyclic) bond motifs is 1. The van der Waals surface area contributed by atoms with Crippen LogP contribution in [-0.2, 0) is 0 Å². The Hall–Kier alpha value is -4.36. The van der Waals surface area contributed by atoms with E-state index in [1.807, 2.05) is 37.3 Å². The van der Waals surface area contributed by atoms with Crippen molar-refractivity contribution in [3.05, 3.63) is 70.7 Å². The number of urea groups is 1. The van der Waals surface area contributed by atoms with Crippen molar-refractivity contribution >= 4 is 17.6 Å². The highest BCUT2D eigenvalue weighted by molar-refractivity contribution is 5.97. The van der Waals surface area contributed by atoms with E-state index in [-0.39, 0.29) is 42.5 Å². The fraction of sp³-hybridized carbons (Fsp3) is 0.379. The van der Waals surface area contributed by atoms with Crippen LogP contribution in [0.5, 0.6) is 5.88 Å². The van der Waals surface area contributed by atoms with Gasteiger partial charge in [-0.15, -0.1) is 0 Å². The molecule has 3 amide bonds. The second-order valence-corrected chi connectivity index (χ2v) is 9.83. The van der Waals surface area contributed by atoms with Crippen molar-refractivity contribution in [3.8, 4) is 17.7 Å². The molecular formula is C29H33N5O5. The third-order valence-corrected chi connectivity index (χ3v) is 6.71. The van der Waals surface area contributed by atoms with Gasteiger partial charge >= 0.3 is 6.03 Å². The Morgan fingerprint density at radius 2 is 1.97 bits per heavy atom. The van der Waals surface area contributed by atoms with Crippen molar-refractivity contribution in [1.29, 1.82) is 0 Å². The van der Waals surface area contributed by atoms with Crippen molar-refractivity contribution in [2.75, 3.05) is 32.1 Å². The van der Waals surface area contributed by atoms with Gasteiger partial charge < -0.3 is 29.5 Å². The molecule has 0 bridgehead atoms. The van der Waals surface area contributed by atoms with E-state index in [9.17, 15) is 14.7 Å². The van der Waals surface area contributed by atoms with Gasteiger partial charge in [0.2, 0.25) is 5.88 Å². The van der Waals surface area contributed by atoms with E-state index in [1.165, 1.54) is 4.90 Å². The summed E-state index contributed by atoms with van der Waals surface area (Å²) in [5.41, 5.74) is 2.78. The van der Waals surface area contributed by atoms with Gasteiger partial charge in [-0.25, -0.2) is 9.78 Å². The Morgan fingerprint density at radius 3 is 2.64 bits per heavy atom. The van der Waals surface area contributed by atoms with E-state index < -0.39 is 12.1 Å². The Kier molecular flexibility index (Phi) is 8.52. The summed E-state index contributed by atoms with van der Waals surface area (Å²) >= 11 is 0. The topological polar surface area (TPSA) is 121 Å². The first-order valence-electron chi connectivity index (χ1n) is 12.8. The van der Waals surface area contributed by atoms with Crippen LogP contribution in [0.15, 0.2) is 47.1 Å². The van der Waals surface area contributed by atoms with Crippen molar-refractivity contribution < 1.29 is 24.0 Å². The van der Waals surface area contributed by atoms with Gasteiger partial charge in [0.15, 0.2) is 5.76 Å². The molecule has 0 radical (unpaired) electrons. The molecule has 0 aliphatic carbocycles. The number of carbonyl (C=O) groups is 2. The largest absolute Gasteiger partial charge is 0.472 e. The van der Waals surface area contributed by atoms with Crippen LogP contribution in [0.3, 0.4) is 0 Å². The van der Waals surface area contributed by atoms with Gasteiger partial charge in [0, 0.05) is 36.8 Å². The summed E-state index contributed by atoms with van der Waals surface area (Å²) in [6.45, 7) is 7.56. The number of hydrogen-bond acceptors (Lipinski definition) is 7. The highest BCUT2D eigenvalue weighted by atomic mass is 16.5. The molecule has 1 aromatic carbocycles. The molecule has 39 heavy (non-hydrogen) atoms. The fourth-order valence-corrected chi connectivity index (χ4v) is 4.27. The van der Waals surface area contributed by atoms with Gasteiger partial charge in [-0.05, 0) is 39.0 Å². The van der Waals surface area contributed by atoms with Crippen LogP contribution < -0.4 is 10.1 Å². The number of amides is 3. The molecule has 0 unspecified atom stereocenters. The molecule has 1 aliphatic rings. The summed E-state index contributed by atoms with van der Waals surface area (Å²) in [5.74, 6) is 6.35. The Morgan fingerprint density at radius 1 is 1.26 bits per heavy atom. The second-order valence-electron chi connectivity index (χ2n) is 9.83. The van der Waals surface area contributed by atoms with Crippen LogP contribution in [0, 0.1) is 31.6 Å². The normalized spacial score (nSPS) is 17.6. The lowest BCUT2D eigenvalue weighted by Crippen LogP contribution is -2.50. The number of hydrogen-bond donors (Lipinski definition) is 2. The highest BCUT2D eigenvalue weighted by Gasteiger charge is 2.35. The maximum Gasteiger partial charge on any atom is 0.321 e. The van der Waals surface area contributed by atoms with E-state index in [1.54, 1.807) is 45.0 Å². The molecule has 3 atom stereocenters. The summed E-state index contributed by atoms with van der Waals surface area (Å²) in [5, 5.41) is 16.6. The first kappa shape index (κ1) is 27.7. The minimum atomic E-state index is -0.487. The van der Waals surface area contributed by atoms with Crippen molar-refractivity contribution in [2.45, 2.75) is 39.8 Å². The summed E-state index contributed by atoms with van der Waals surface area (Å²) in [6.07, 6.45) is 1.08. The van der Waals surface area contributed by atoms with Crippen LogP contribution in [0.25, 0.3) is 0 Å². The highest BCUT2D eigenvalue weighted by Crippen LogP contribution is 2.27. The fourth-order valence-electron chi connectivity index (χ4n) is 4.27. The van der Waals surface area contributed by atoms with E-state index >= 15 is 0 Å². The lowest BCUT2D eigenvalue weighted by Gasteiger charge is -2.37. The van der Waals surface area contributed by atoms with Gasteiger partial charge in [-0.1, -0.05) is 42.1 Å². The van der Waals surface area contributed by atoms with Crippen LogP contribution in [0.2, 0.25) is 0 Å². The zero-order chi connectivity index (χ0) is 28.1. The predicted molar refractivity (Wildman–Crippen MR) is 145 cm³/mol. The number of aryl methyl sites for hydroxylation is 2. The Balaban J connectivity index is 1.61. The second kappa shape index (κ2) is 12.0. The van der Waals surface area contributed by atoms with Crippen molar-refractivity contribution in [1.82, 2.24) is 19.9 Å². The molecule has 3 heterocycles. The number of nitrogens with one attached hydrogen (secondary N) is 1. The van der Waals surface area contributed by atoms with Gasteiger partial charge in [0.25, 0.3) is 5.91 Å². The number of likely N-dealkylation sites (N-methyl/N-ethyl adjacent to an activating group) is 1. The third-order valence-electron chi connectivity index (χ3n) is 6.71. The van der Waals surface area contributed by atoms with Crippen LogP contribution in [0.4, 0.5) is 10.5 Å². The van der Waals surface area contributed by atoms with Crippen molar-refractivity contribution in [2.24, 2.45) is 5.92 Å². The monoisotopic (exact) mass is 531 g/mol. The number of aliphatic hydroxyl groups is 1. The van der Waals surface area contributed by atoms with Gasteiger partial charge in [0.05, 0.1) is 19.2 Å². The number of carbonyl (C=O) groups excluding carboxylic acids is 2. The van der Waals surface area contributed by atoms with Gasteiger partial charge in [0.1, 0.15) is 23.0 Å². The molecule has 0 saturated heterocycles. The minimum Gasteiger partial charge on any atom is -0.472 e. The minimum absolute atomic E-state index is 0.163. The lowest BCUT2D eigenvalue weighted by molar-refractivity contribution is 0.0356. The molecule has 204 valence electrons. The third kappa shape index (κ3) is 6.38. The maximum atomic E-state index is 13.6. The number of rotatable bonds is 5. The lowest BCUT2D eigenvalue weighted by atomic mass is 10.00. The standard InChI is InChI=1S/C29H33N5O5/c1-18-15-34(19(2)17-35)28(36)24-13-23(12-11-22-9-7-6-8-10-22)14-30-27(24)38-25(18)16-33(5)29(37)31-26-20(3)32-39-21(26)4/h6-10,13-14,18-19,25,35H,15-17H2,1-5H3,(H,31,37)/t18-,19+,25-/m0/s1. The molecule has 0 saturated carbocycles. The quantitative estimate of drug-likeness (QED) is 0.484. The van der Waals surface area contributed by atoms with Gasteiger partial charge in [-0.2, -0.15) is 0 Å². The summed E-state index contributed by atoms with van der Waals surface area (Å²) in [4.78, 5) is 34.1. The van der Waals surface area contributed by atoms with E-state index in [4.69, 9.17) is 9.26 Å². The molecule has 10 heteroatoms. The zero-order valence-corrected chi connectivity index (χ0v) is 22.8. The summed E-state index contributed by atoms with van der Waals surface area (Å²) < 4.78 is 11.4. The zero-order valence-electron chi connectivity index (χ0n) is 22.8. The summed E-state index contributed by atoms with van der Waals surface area (Å²) in [6, 6.07) is 10.4. The molecule has 2 N–H and O–H groups in total. The smallest absolute Gasteiger partial charge is 0.321 e. The van der Waals surface area contributed by atoms with E-state index in [0.29, 0.717) is 29.2 Å². The average Bonchev–Trinajstić information content (AvgIpc) is 3.25. The molecule has 10 nitrogen and oxygen atoms in total. The molecule has 0 spiro atoms.